The maximum Gasteiger partial charge on any atom is 0.314 e. The smallest absolute Gasteiger partial charge is 0.314 e. The zero-order valence-corrected chi connectivity index (χ0v) is 12.8. The molecule has 0 aliphatic heterocycles. The Morgan fingerprint density at radius 3 is 2.30 bits per heavy atom. The van der Waals surface area contributed by atoms with Crippen molar-refractivity contribution >= 4 is 12.0 Å². The summed E-state index contributed by atoms with van der Waals surface area (Å²) in [7, 11) is 0. The number of unbranched alkanes of at least 4 members (excludes halogenated alkanes) is 2. The monoisotopic (exact) mass is 287 g/mol. The number of nitrogens with zero attached hydrogens (tertiary/aromatic N) is 1. The van der Waals surface area contributed by atoms with Gasteiger partial charge in [0.1, 0.15) is 0 Å². The normalized spacial score (nSPS) is 10.6. The molecule has 0 atom stereocenters. The lowest BCUT2D eigenvalue weighted by atomic mass is 10.2. The molecule has 0 heterocycles. The van der Waals surface area contributed by atoms with Gasteiger partial charge in [-0.05, 0) is 32.4 Å². The molecule has 6 heteroatoms. The number of nitrogens with one attached hydrogen (secondary N) is 2. The van der Waals surface area contributed by atoms with Crippen LogP contribution in [0.2, 0.25) is 0 Å². The molecule has 6 nitrogen and oxygen atoms in total. The number of aliphatic carboxylic acids is 1. The highest BCUT2D eigenvalue weighted by atomic mass is 16.4. The fourth-order valence-corrected chi connectivity index (χ4v) is 1.91. The van der Waals surface area contributed by atoms with Crippen LogP contribution in [0.25, 0.3) is 0 Å². The standard InChI is InChI=1S/C14H29N3O3/c1-3-11-17(4-2)12-10-16-14(20)15-9-7-5-6-8-13(18)19/h3-12H2,1-2H3,(H,18,19)(H2,15,16,20). The van der Waals surface area contributed by atoms with Gasteiger partial charge in [-0.25, -0.2) is 4.79 Å². The van der Waals surface area contributed by atoms with Gasteiger partial charge >= 0.3 is 12.0 Å². The number of carbonyl (C=O) groups excluding carboxylic acids is 1. The van der Waals surface area contributed by atoms with E-state index in [4.69, 9.17) is 5.11 Å². The molecule has 20 heavy (non-hydrogen) atoms. The minimum atomic E-state index is -0.761. The summed E-state index contributed by atoms with van der Waals surface area (Å²) in [5, 5.41) is 14.1. The molecule has 2 amide bonds. The summed E-state index contributed by atoms with van der Waals surface area (Å²) in [5.74, 6) is -0.761. The Hall–Kier alpha value is -1.30. The van der Waals surface area contributed by atoms with Crippen LogP contribution in [0.4, 0.5) is 4.79 Å². The third-order valence-electron chi connectivity index (χ3n) is 3.05. The Balaban J connectivity index is 3.43. The number of amides is 2. The number of hydrogen-bond donors (Lipinski definition) is 3. The molecular weight excluding hydrogens is 258 g/mol. The fraction of sp³-hybridized carbons (Fsp3) is 0.857. The van der Waals surface area contributed by atoms with Gasteiger partial charge in [0.2, 0.25) is 0 Å². The highest BCUT2D eigenvalue weighted by Gasteiger charge is 2.03. The van der Waals surface area contributed by atoms with Crippen LogP contribution in [0, 0.1) is 0 Å². The van der Waals surface area contributed by atoms with Crippen LogP contribution in [0.15, 0.2) is 0 Å². The average molecular weight is 287 g/mol. The molecule has 0 aromatic rings. The lowest BCUT2D eigenvalue weighted by molar-refractivity contribution is -0.137. The Morgan fingerprint density at radius 1 is 1.00 bits per heavy atom. The van der Waals surface area contributed by atoms with E-state index < -0.39 is 5.97 Å². The third-order valence-corrected chi connectivity index (χ3v) is 3.05. The van der Waals surface area contributed by atoms with Gasteiger partial charge in [-0.3, -0.25) is 4.79 Å². The summed E-state index contributed by atoms with van der Waals surface area (Å²) in [4.78, 5) is 24.1. The second-order valence-corrected chi connectivity index (χ2v) is 4.82. The molecule has 0 aromatic carbocycles. The minimum Gasteiger partial charge on any atom is -0.481 e. The zero-order chi connectivity index (χ0) is 15.2. The molecular formula is C14H29N3O3. The largest absolute Gasteiger partial charge is 0.481 e. The van der Waals surface area contributed by atoms with Crippen LogP contribution in [0.3, 0.4) is 0 Å². The van der Waals surface area contributed by atoms with Crippen molar-refractivity contribution in [3.05, 3.63) is 0 Å². The molecule has 3 N–H and O–H groups in total. The molecule has 0 unspecified atom stereocenters. The Kier molecular flexibility index (Phi) is 11.9. The van der Waals surface area contributed by atoms with E-state index in [1.54, 1.807) is 0 Å². The van der Waals surface area contributed by atoms with Crippen molar-refractivity contribution in [2.24, 2.45) is 0 Å². The van der Waals surface area contributed by atoms with E-state index in [1.807, 2.05) is 0 Å². The number of carboxylic acids is 1. The molecule has 0 aliphatic carbocycles. The summed E-state index contributed by atoms with van der Waals surface area (Å²) in [6.07, 6.45) is 3.64. The summed E-state index contributed by atoms with van der Waals surface area (Å²) in [5.41, 5.74) is 0. The van der Waals surface area contributed by atoms with Gasteiger partial charge in [0.15, 0.2) is 0 Å². The maximum absolute atomic E-state index is 11.5. The molecule has 0 bridgehead atoms. The molecule has 118 valence electrons. The quantitative estimate of drug-likeness (QED) is 0.477. The van der Waals surface area contributed by atoms with Crippen molar-refractivity contribution in [3.8, 4) is 0 Å². The van der Waals surface area contributed by atoms with Crippen molar-refractivity contribution in [2.45, 2.75) is 46.0 Å². The predicted octanol–water partition coefficient (Wildman–Crippen LogP) is 1.66. The first kappa shape index (κ1) is 18.7. The molecule has 0 fully saturated rings. The van der Waals surface area contributed by atoms with E-state index in [0.717, 1.165) is 38.9 Å². The van der Waals surface area contributed by atoms with Crippen molar-refractivity contribution in [1.82, 2.24) is 15.5 Å². The number of rotatable bonds is 12. The highest BCUT2D eigenvalue weighted by molar-refractivity contribution is 5.73. The SMILES string of the molecule is CCCN(CC)CCNC(=O)NCCCCCC(=O)O. The molecule has 0 aromatic heterocycles. The molecule has 0 spiro atoms. The average Bonchev–Trinajstić information content (AvgIpc) is 2.41. The number of hydrogen-bond acceptors (Lipinski definition) is 3. The summed E-state index contributed by atoms with van der Waals surface area (Å²) in [6.45, 7) is 8.44. The Labute approximate surface area is 121 Å². The van der Waals surface area contributed by atoms with Gasteiger partial charge in [0.25, 0.3) is 0 Å². The van der Waals surface area contributed by atoms with E-state index in [1.165, 1.54) is 0 Å². The van der Waals surface area contributed by atoms with Gasteiger partial charge in [-0.1, -0.05) is 20.3 Å². The fourth-order valence-electron chi connectivity index (χ4n) is 1.91. The van der Waals surface area contributed by atoms with Crippen LogP contribution in [-0.4, -0.2) is 54.7 Å². The lowest BCUT2D eigenvalue weighted by Gasteiger charge is -2.19. The molecule has 0 aliphatic rings. The maximum atomic E-state index is 11.5. The number of urea groups is 1. The minimum absolute atomic E-state index is 0.143. The summed E-state index contributed by atoms with van der Waals surface area (Å²) in [6, 6.07) is -0.143. The van der Waals surface area contributed by atoms with E-state index in [9.17, 15) is 9.59 Å². The van der Waals surface area contributed by atoms with Crippen molar-refractivity contribution < 1.29 is 14.7 Å². The van der Waals surface area contributed by atoms with Crippen LogP contribution >= 0.6 is 0 Å². The number of carbonyl (C=O) groups is 2. The van der Waals surface area contributed by atoms with Crippen LogP contribution < -0.4 is 10.6 Å². The summed E-state index contributed by atoms with van der Waals surface area (Å²) < 4.78 is 0. The lowest BCUT2D eigenvalue weighted by Crippen LogP contribution is -2.40. The Morgan fingerprint density at radius 2 is 1.70 bits per heavy atom. The second-order valence-electron chi connectivity index (χ2n) is 4.82. The van der Waals surface area contributed by atoms with E-state index in [-0.39, 0.29) is 12.5 Å². The van der Waals surface area contributed by atoms with Crippen molar-refractivity contribution in [2.75, 3.05) is 32.7 Å². The Bertz CT molecular complexity index is 272. The van der Waals surface area contributed by atoms with Crippen LogP contribution in [0.5, 0.6) is 0 Å². The second kappa shape index (κ2) is 12.7. The molecule has 0 saturated heterocycles. The highest BCUT2D eigenvalue weighted by Crippen LogP contribution is 1.98. The molecule has 0 saturated carbocycles. The van der Waals surface area contributed by atoms with Crippen molar-refractivity contribution in [1.29, 1.82) is 0 Å². The first-order valence-electron chi connectivity index (χ1n) is 7.56. The first-order chi connectivity index (χ1) is 9.60. The summed E-state index contributed by atoms with van der Waals surface area (Å²) >= 11 is 0. The topological polar surface area (TPSA) is 81.7 Å². The molecule has 0 radical (unpaired) electrons. The van der Waals surface area contributed by atoms with Gasteiger partial charge < -0.3 is 20.6 Å². The van der Waals surface area contributed by atoms with Gasteiger partial charge in [-0.2, -0.15) is 0 Å². The van der Waals surface area contributed by atoms with Crippen molar-refractivity contribution in [3.63, 3.8) is 0 Å². The van der Waals surface area contributed by atoms with Gasteiger partial charge in [-0.15, -0.1) is 0 Å². The molecule has 0 rings (SSSR count). The van der Waals surface area contributed by atoms with Crippen LogP contribution in [0.1, 0.15) is 46.0 Å². The van der Waals surface area contributed by atoms with E-state index >= 15 is 0 Å². The predicted molar refractivity (Wildman–Crippen MR) is 79.9 cm³/mol. The number of likely N-dealkylation sites (N-methyl/N-ethyl adjacent to an activating group) is 1. The van der Waals surface area contributed by atoms with Gasteiger partial charge in [0, 0.05) is 26.1 Å². The van der Waals surface area contributed by atoms with E-state index in [0.29, 0.717) is 19.5 Å². The van der Waals surface area contributed by atoms with Crippen LogP contribution in [-0.2, 0) is 4.79 Å². The zero-order valence-electron chi connectivity index (χ0n) is 12.8. The van der Waals surface area contributed by atoms with Gasteiger partial charge in [0.05, 0.1) is 0 Å². The third kappa shape index (κ3) is 11.8. The first-order valence-corrected chi connectivity index (χ1v) is 7.56. The van der Waals surface area contributed by atoms with E-state index in [2.05, 4.69) is 29.4 Å². The number of carboxylic acid groups (broad SMARTS) is 1.